The lowest BCUT2D eigenvalue weighted by atomic mass is 10.2. The Bertz CT molecular complexity index is 833. The van der Waals surface area contributed by atoms with Gasteiger partial charge in [-0.1, -0.05) is 5.16 Å². The highest BCUT2D eigenvalue weighted by molar-refractivity contribution is 7.13. The van der Waals surface area contributed by atoms with Crippen LogP contribution in [-0.4, -0.2) is 32.8 Å². The molecule has 1 aliphatic heterocycles. The van der Waals surface area contributed by atoms with E-state index in [2.05, 4.69) is 25.0 Å². The van der Waals surface area contributed by atoms with E-state index in [1.807, 2.05) is 37.6 Å². The molecule has 0 aliphatic carbocycles. The van der Waals surface area contributed by atoms with Gasteiger partial charge >= 0.3 is 0 Å². The van der Waals surface area contributed by atoms with Gasteiger partial charge in [0, 0.05) is 24.3 Å². The predicted octanol–water partition coefficient (Wildman–Crippen LogP) is 3.72. The Morgan fingerprint density at radius 3 is 3.04 bits per heavy atom. The molecular weight excluding hydrogens is 338 g/mol. The highest BCUT2D eigenvalue weighted by Crippen LogP contribution is 2.37. The van der Waals surface area contributed by atoms with Gasteiger partial charge in [0.1, 0.15) is 6.04 Å². The van der Waals surface area contributed by atoms with Crippen LogP contribution >= 0.6 is 11.3 Å². The highest BCUT2D eigenvalue weighted by atomic mass is 32.1. The first kappa shape index (κ1) is 16.0. The van der Waals surface area contributed by atoms with Gasteiger partial charge in [-0.2, -0.15) is 4.98 Å². The van der Waals surface area contributed by atoms with E-state index in [0.29, 0.717) is 17.6 Å². The number of ether oxygens (including phenoxy) is 1. The number of nitrogens with zero attached hydrogens (tertiary/aromatic N) is 5. The summed E-state index contributed by atoms with van der Waals surface area (Å²) in [7, 11) is 0. The van der Waals surface area contributed by atoms with Crippen molar-refractivity contribution in [3.05, 3.63) is 35.8 Å². The molecule has 0 aromatic carbocycles. The third-order valence-electron chi connectivity index (χ3n) is 4.00. The van der Waals surface area contributed by atoms with Crippen molar-refractivity contribution >= 4 is 16.5 Å². The van der Waals surface area contributed by atoms with E-state index in [-0.39, 0.29) is 12.1 Å². The minimum atomic E-state index is 0.0234. The largest absolute Gasteiger partial charge is 0.474 e. The Morgan fingerprint density at radius 1 is 1.32 bits per heavy atom. The standard InChI is InChI=1S/C17H19N5O2S/c1-11(2)23-15-12(5-3-7-18-15)14-20-16(24-21-14)13-6-4-9-22(13)17-19-8-10-25-17/h3,5,7-8,10-11,13H,4,6,9H2,1-2H3. The number of rotatable bonds is 5. The van der Waals surface area contributed by atoms with E-state index in [1.54, 1.807) is 17.5 Å². The second-order valence-electron chi connectivity index (χ2n) is 6.15. The van der Waals surface area contributed by atoms with Gasteiger partial charge in [0.25, 0.3) is 0 Å². The lowest BCUT2D eigenvalue weighted by molar-refractivity contribution is 0.233. The van der Waals surface area contributed by atoms with Gasteiger partial charge in [0.2, 0.25) is 17.6 Å². The second-order valence-corrected chi connectivity index (χ2v) is 7.02. The SMILES string of the molecule is CC(C)Oc1ncccc1-c1noc(C2CCCN2c2nccs2)n1. The molecule has 7 nitrogen and oxygen atoms in total. The van der Waals surface area contributed by atoms with E-state index >= 15 is 0 Å². The fourth-order valence-electron chi connectivity index (χ4n) is 2.97. The number of hydrogen-bond acceptors (Lipinski definition) is 8. The van der Waals surface area contributed by atoms with Crippen LogP contribution in [0.25, 0.3) is 11.4 Å². The number of pyridine rings is 1. The molecule has 0 radical (unpaired) electrons. The first-order chi connectivity index (χ1) is 12.2. The number of aromatic nitrogens is 4. The van der Waals surface area contributed by atoms with Crippen LogP contribution in [0.15, 0.2) is 34.4 Å². The van der Waals surface area contributed by atoms with Gasteiger partial charge < -0.3 is 14.2 Å². The monoisotopic (exact) mass is 357 g/mol. The smallest absolute Gasteiger partial charge is 0.249 e. The first-order valence-electron chi connectivity index (χ1n) is 8.34. The molecule has 4 rings (SSSR count). The topological polar surface area (TPSA) is 77.2 Å². The lowest BCUT2D eigenvalue weighted by Crippen LogP contribution is -2.22. The third kappa shape index (κ3) is 3.21. The maximum atomic E-state index is 5.76. The van der Waals surface area contributed by atoms with E-state index in [0.717, 1.165) is 30.1 Å². The van der Waals surface area contributed by atoms with Crippen molar-refractivity contribution in [1.29, 1.82) is 0 Å². The molecule has 4 heterocycles. The van der Waals surface area contributed by atoms with E-state index in [1.165, 1.54) is 0 Å². The minimum Gasteiger partial charge on any atom is -0.474 e. The summed E-state index contributed by atoms with van der Waals surface area (Å²) in [6, 6.07) is 3.81. The van der Waals surface area contributed by atoms with Crippen LogP contribution in [0.2, 0.25) is 0 Å². The van der Waals surface area contributed by atoms with E-state index < -0.39 is 0 Å². The summed E-state index contributed by atoms with van der Waals surface area (Å²) in [5, 5.41) is 7.14. The fourth-order valence-corrected chi connectivity index (χ4v) is 3.69. The van der Waals surface area contributed by atoms with Gasteiger partial charge in [0.15, 0.2) is 5.13 Å². The molecule has 1 atom stereocenters. The Labute approximate surface area is 149 Å². The Balaban J connectivity index is 1.63. The number of hydrogen-bond donors (Lipinski definition) is 0. The fraction of sp³-hybridized carbons (Fsp3) is 0.412. The molecule has 0 saturated carbocycles. The molecule has 8 heteroatoms. The third-order valence-corrected chi connectivity index (χ3v) is 4.81. The molecular formula is C17H19N5O2S. The zero-order chi connectivity index (χ0) is 17.2. The number of thiazole rings is 1. The van der Waals surface area contributed by atoms with Crippen molar-refractivity contribution in [3.63, 3.8) is 0 Å². The average Bonchev–Trinajstić information content (AvgIpc) is 3.34. The van der Waals surface area contributed by atoms with E-state index in [4.69, 9.17) is 9.26 Å². The molecule has 3 aromatic rings. The molecule has 0 bridgehead atoms. The minimum absolute atomic E-state index is 0.0234. The molecule has 0 spiro atoms. The maximum Gasteiger partial charge on any atom is 0.249 e. The summed E-state index contributed by atoms with van der Waals surface area (Å²) < 4.78 is 11.3. The van der Waals surface area contributed by atoms with Gasteiger partial charge in [-0.3, -0.25) is 0 Å². The van der Waals surface area contributed by atoms with Crippen LogP contribution in [0.3, 0.4) is 0 Å². The molecule has 25 heavy (non-hydrogen) atoms. The van der Waals surface area contributed by atoms with Gasteiger partial charge in [-0.15, -0.1) is 11.3 Å². The summed E-state index contributed by atoms with van der Waals surface area (Å²) in [5.41, 5.74) is 0.741. The Hall–Kier alpha value is -2.48. The molecule has 0 N–H and O–H groups in total. The molecule has 3 aromatic heterocycles. The van der Waals surface area contributed by atoms with Crippen LogP contribution in [-0.2, 0) is 0 Å². The van der Waals surface area contributed by atoms with Crippen LogP contribution in [0.4, 0.5) is 5.13 Å². The van der Waals surface area contributed by atoms with Crippen LogP contribution in [0.1, 0.15) is 38.6 Å². The Kier molecular flexibility index (Phi) is 4.35. The normalized spacial score (nSPS) is 17.4. The molecule has 1 fully saturated rings. The van der Waals surface area contributed by atoms with Crippen LogP contribution in [0, 0.1) is 0 Å². The quantitative estimate of drug-likeness (QED) is 0.688. The van der Waals surface area contributed by atoms with E-state index in [9.17, 15) is 0 Å². The molecule has 0 amide bonds. The molecule has 1 saturated heterocycles. The van der Waals surface area contributed by atoms with Gasteiger partial charge in [-0.25, -0.2) is 9.97 Å². The van der Waals surface area contributed by atoms with Gasteiger partial charge in [-0.05, 0) is 38.8 Å². The van der Waals surface area contributed by atoms with Crippen molar-refractivity contribution in [2.45, 2.75) is 38.8 Å². The Morgan fingerprint density at radius 2 is 2.24 bits per heavy atom. The number of anilines is 1. The highest BCUT2D eigenvalue weighted by Gasteiger charge is 2.32. The summed E-state index contributed by atoms with van der Waals surface area (Å²) in [4.78, 5) is 15.6. The average molecular weight is 357 g/mol. The molecule has 1 aliphatic rings. The van der Waals surface area contributed by atoms with Crippen LogP contribution < -0.4 is 9.64 Å². The summed E-state index contributed by atoms with van der Waals surface area (Å²) in [6.07, 6.45) is 5.60. The summed E-state index contributed by atoms with van der Waals surface area (Å²) in [6.45, 7) is 4.87. The first-order valence-corrected chi connectivity index (χ1v) is 9.22. The summed E-state index contributed by atoms with van der Waals surface area (Å²) in [5.74, 6) is 1.64. The zero-order valence-electron chi connectivity index (χ0n) is 14.1. The van der Waals surface area contributed by atoms with Crippen molar-refractivity contribution in [3.8, 4) is 17.3 Å². The van der Waals surface area contributed by atoms with Crippen molar-refractivity contribution in [2.24, 2.45) is 0 Å². The van der Waals surface area contributed by atoms with Crippen LogP contribution in [0.5, 0.6) is 5.88 Å². The zero-order valence-corrected chi connectivity index (χ0v) is 14.9. The second kappa shape index (κ2) is 6.79. The maximum absolute atomic E-state index is 5.76. The molecule has 1 unspecified atom stereocenters. The van der Waals surface area contributed by atoms with Crippen molar-refractivity contribution in [1.82, 2.24) is 20.1 Å². The predicted molar refractivity (Wildman–Crippen MR) is 94.7 cm³/mol. The molecule has 130 valence electrons. The van der Waals surface area contributed by atoms with Gasteiger partial charge in [0.05, 0.1) is 11.7 Å². The summed E-state index contributed by atoms with van der Waals surface area (Å²) >= 11 is 1.63. The lowest BCUT2D eigenvalue weighted by Gasteiger charge is -2.20. The van der Waals surface area contributed by atoms with Crippen molar-refractivity contribution < 1.29 is 9.26 Å². The van der Waals surface area contributed by atoms with Crippen molar-refractivity contribution in [2.75, 3.05) is 11.4 Å².